The van der Waals surface area contributed by atoms with E-state index in [0.717, 1.165) is 12.0 Å². The zero-order valence-corrected chi connectivity index (χ0v) is 14.4. The number of benzene rings is 2. The molecule has 0 radical (unpaired) electrons. The zero-order valence-electron chi connectivity index (χ0n) is 14.4. The van der Waals surface area contributed by atoms with E-state index in [1.165, 1.54) is 11.1 Å². The van der Waals surface area contributed by atoms with E-state index in [9.17, 15) is 4.79 Å². The summed E-state index contributed by atoms with van der Waals surface area (Å²) in [6.45, 7) is 4.32. The summed E-state index contributed by atoms with van der Waals surface area (Å²) in [6.07, 6.45) is 7.42. The number of carbonyl (C=O) groups excluding carboxylic acids is 1. The van der Waals surface area contributed by atoms with Crippen molar-refractivity contribution in [3.8, 4) is 0 Å². The van der Waals surface area contributed by atoms with Gasteiger partial charge >= 0.3 is 0 Å². The highest BCUT2D eigenvalue weighted by atomic mass is 16.1. The van der Waals surface area contributed by atoms with E-state index in [1.807, 2.05) is 36.4 Å². The molecule has 0 aliphatic carbocycles. The first-order valence-corrected chi connectivity index (χ1v) is 8.27. The minimum absolute atomic E-state index is 0.141. The Balaban J connectivity index is 2.31. The molecule has 2 nitrogen and oxygen atoms in total. The molecule has 0 spiro atoms. The zero-order chi connectivity index (χ0) is 17.4. The van der Waals surface area contributed by atoms with Crippen LogP contribution in [0.5, 0.6) is 0 Å². The molecule has 0 fully saturated rings. The van der Waals surface area contributed by atoms with Crippen LogP contribution in [0.4, 0.5) is 0 Å². The Morgan fingerprint density at radius 2 is 1.58 bits per heavy atom. The average molecular weight is 319 g/mol. The maximum Gasteiger partial charge on any atom is 0.217 e. The van der Waals surface area contributed by atoms with Gasteiger partial charge in [-0.1, -0.05) is 92.7 Å². The van der Waals surface area contributed by atoms with E-state index in [0.29, 0.717) is 6.42 Å². The van der Waals surface area contributed by atoms with Crippen molar-refractivity contribution in [1.82, 2.24) is 0 Å². The lowest BCUT2D eigenvalue weighted by Crippen LogP contribution is -2.19. The lowest BCUT2D eigenvalue weighted by atomic mass is 9.76. The van der Waals surface area contributed by atoms with Gasteiger partial charge in [0.25, 0.3) is 0 Å². The highest BCUT2D eigenvalue weighted by molar-refractivity contribution is 5.76. The quantitative estimate of drug-likeness (QED) is 0.711. The van der Waals surface area contributed by atoms with Crippen LogP contribution in [0.15, 0.2) is 72.8 Å². The van der Waals surface area contributed by atoms with Crippen molar-refractivity contribution in [2.24, 2.45) is 11.1 Å². The van der Waals surface area contributed by atoms with Crippen molar-refractivity contribution in [3.05, 3.63) is 83.9 Å². The third-order valence-electron chi connectivity index (χ3n) is 4.16. The number of carbonyl (C=O) groups is 1. The van der Waals surface area contributed by atoms with Gasteiger partial charge in [0.05, 0.1) is 0 Å². The Morgan fingerprint density at radius 3 is 2.17 bits per heavy atom. The van der Waals surface area contributed by atoms with Crippen LogP contribution >= 0.6 is 0 Å². The first kappa shape index (κ1) is 17.7. The largest absolute Gasteiger partial charge is 0.370 e. The Labute approximate surface area is 144 Å². The Hall–Kier alpha value is -2.61. The topological polar surface area (TPSA) is 43.1 Å². The molecule has 2 N–H and O–H groups in total. The molecule has 0 aliphatic rings. The highest BCUT2D eigenvalue weighted by Gasteiger charge is 2.24. The molecule has 0 heterocycles. The summed E-state index contributed by atoms with van der Waals surface area (Å²) in [7, 11) is 0. The number of allylic oxidation sites excluding steroid dienone is 3. The lowest BCUT2D eigenvalue weighted by Gasteiger charge is -2.28. The van der Waals surface area contributed by atoms with Crippen molar-refractivity contribution in [1.29, 1.82) is 0 Å². The third-order valence-corrected chi connectivity index (χ3v) is 4.16. The predicted octanol–water partition coefficient (Wildman–Crippen LogP) is 5.08. The average Bonchev–Trinajstić information content (AvgIpc) is 2.58. The Bertz CT molecular complexity index is 712. The van der Waals surface area contributed by atoms with Gasteiger partial charge in [-0.05, 0) is 28.5 Å². The molecule has 0 saturated heterocycles. The second kappa shape index (κ2) is 8.30. The SMILES string of the molecule is CC(C)(CCC(N)=O)C(=CC=Cc1ccccc1)c1ccccc1. The van der Waals surface area contributed by atoms with E-state index in [-0.39, 0.29) is 11.3 Å². The van der Waals surface area contributed by atoms with E-state index >= 15 is 0 Å². The number of hydrogen-bond acceptors (Lipinski definition) is 1. The first-order chi connectivity index (χ1) is 11.5. The van der Waals surface area contributed by atoms with Gasteiger partial charge in [-0.3, -0.25) is 4.79 Å². The molecule has 24 heavy (non-hydrogen) atoms. The molecule has 0 saturated carbocycles. The number of nitrogens with two attached hydrogens (primary N) is 1. The molecule has 0 bridgehead atoms. The molecule has 2 rings (SSSR count). The van der Waals surface area contributed by atoms with Crippen LogP contribution in [0, 0.1) is 5.41 Å². The van der Waals surface area contributed by atoms with Crippen LogP contribution < -0.4 is 5.73 Å². The van der Waals surface area contributed by atoms with Crippen LogP contribution in [0.2, 0.25) is 0 Å². The van der Waals surface area contributed by atoms with Crippen LogP contribution in [0.1, 0.15) is 37.8 Å². The summed E-state index contributed by atoms with van der Waals surface area (Å²) in [5, 5.41) is 0. The first-order valence-electron chi connectivity index (χ1n) is 8.27. The van der Waals surface area contributed by atoms with E-state index < -0.39 is 0 Å². The molecular formula is C22H25NO. The van der Waals surface area contributed by atoms with Crippen LogP contribution in [0.25, 0.3) is 11.6 Å². The molecule has 124 valence electrons. The fourth-order valence-corrected chi connectivity index (χ4v) is 2.72. The maximum absolute atomic E-state index is 11.2. The second-order valence-electron chi connectivity index (χ2n) is 6.57. The minimum atomic E-state index is -0.254. The molecule has 2 aromatic carbocycles. The monoisotopic (exact) mass is 319 g/mol. The summed E-state index contributed by atoms with van der Waals surface area (Å²) in [5.41, 5.74) is 8.74. The number of amides is 1. The molecule has 0 aromatic heterocycles. The molecule has 1 amide bonds. The molecule has 0 unspecified atom stereocenters. The summed E-state index contributed by atoms with van der Waals surface area (Å²) in [4.78, 5) is 11.2. The predicted molar refractivity (Wildman–Crippen MR) is 102 cm³/mol. The van der Waals surface area contributed by atoms with Gasteiger partial charge in [-0.25, -0.2) is 0 Å². The van der Waals surface area contributed by atoms with Crippen LogP contribution in [0.3, 0.4) is 0 Å². The van der Waals surface area contributed by atoms with Crippen molar-refractivity contribution in [3.63, 3.8) is 0 Å². The lowest BCUT2D eigenvalue weighted by molar-refractivity contribution is -0.118. The second-order valence-corrected chi connectivity index (χ2v) is 6.57. The normalized spacial score (nSPS) is 12.5. The van der Waals surface area contributed by atoms with E-state index in [1.54, 1.807) is 0 Å². The van der Waals surface area contributed by atoms with Gasteiger partial charge < -0.3 is 5.73 Å². The Kier molecular flexibility index (Phi) is 6.14. The van der Waals surface area contributed by atoms with Crippen molar-refractivity contribution < 1.29 is 4.79 Å². The van der Waals surface area contributed by atoms with Crippen molar-refractivity contribution >= 4 is 17.6 Å². The minimum Gasteiger partial charge on any atom is -0.370 e. The standard InChI is InChI=1S/C22H25NO/c1-22(2,17-16-21(23)24)20(19-13-7-4-8-14-19)15-9-12-18-10-5-3-6-11-18/h3-15H,16-17H2,1-2H3,(H2,23,24). The number of primary amides is 1. The molecule has 2 heteroatoms. The van der Waals surface area contributed by atoms with Crippen molar-refractivity contribution in [2.45, 2.75) is 26.7 Å². The maximum atomic E-state index is 11.2. The van der Waals surface area contributed by atoms with Gasteiger partial charge in [0, 0.05) is 6.42 Å². The summed E-state index contributed by atoms with van der Waals surface area (Å²) >= 11 is 0. The number of rotatable bonds is 7. The third kappa shape index (κ3) is 5.24. The smallest absolute Gasteiger partial charge is 0.217 e. The van der Waals surface area contributed by atoms with Crippen molar-refractivity contribution in [2.75, 3.05) is 0 Å². The molecule has 0 aliphatic heterocycles. The van der Waals surface area contributed by atoms with Gasteiger partial charge in [0.15, 0.2) is 0 Å². The van der Waals surface area contributed by atoms with Gasteiger partial charge in [-0.2, -0.15) is 0 Å². The fraction of sp³-hybridized carbons (Fsp3) is 0.227. The fourth-order valence-electron chi connectivity index (χ4n) is 2.72. The van der Waals surface area contributed by atoms with Gasteiger partial charge in [0.2, 0.25) is 5.91 Å². The number of hydrogen-bond donors (Lipinski definition) is 1. The van der Waals surface area contributed by atoms with Gasteiger partial charge in [0.1, 0.15) is 0 Å². The van der Waals surface area contributed by atoms with Gasteiger partial charge in [-0.15, -0.1) is 0 Å². The summed E-state index contributed by atoms with van der Waals surface area (Å²) < 4.78 is 0. The highest BCUT2D eigenvalue weighted by Crippen LogP contribution is 2.38. The van der Waals surface area contributed by atoms with Crippen LogP contribution in [-0.2, 0) is 4.79 Å². The van der Waals surface area contributed by atoms with E-state index in [2.05, 4.69) is 56.3 Å². The summed E-state index contributed by atoms with van der Waals surface area (Å²) in [5.74, 6) is -0.254. The van der Waals surface area contributed by atoms with Crippen LogP contribution in [-0.4, -0.2) is 5.91 Å². The summed E-state index contributed by atoms with van der Waals surface area (Å²) in [6, 6.07) is 20.5. The molecule has 2 aromatic rings. The molecule has 0 atom stereocenters. The molecular weight excluding hydrogens is 294 g/mol. The van der Waals surface area contributed by atoms with E-state index in [4.69, 9.17) is 5.73 Å². The Morgan fingerprint density at radius 1 is 1.00 bits per heavy atom.